The van der Waals surface area contributed by atoms with E-state index in [4.69, 9.17) is 9.84 Å². The van der Waals surface area contributed by atoms with Gasteiger partial charge in [-0.15, -0.1) is 6.58 Å². The van der Waals surface area contributed by atoms with Crippen molar-refractivity contribution < 1.29 is 14.6 Å². The second-order valence-electron chi connectivity index (χ2n) is 4.44. The van der Waals surface area contributed by atoms with Crippen molar-refractivity contribution in [2.45, 2.75) is 37.8 Å². The molecule has 0 aromatic rings. The first-order valence-corrected chi connectivity index (χ1v) is 6.69. The number of aliphatic carboxylic acids is 1. The molecule has 1 atom stereocenters. The lowest BCUT2D eigenvalue weighted by molar-refractivity contribution is -0.132. The van der Waals surface area contributed by atoms with Crippen molar-refractivity contribution >= 4 is 16.2 Å². The molecular weight excluding hydrogens is 220 g/mol. The van der Waals surface area contributed by atoms with Gasteiger partial charge in [0.25, 0.3) is 0 Å². The second-order valence-corrected chi connectivity index (χ2v) is 6.05. The van der Waals surface area contributed by atoms with Gasteiger partial charge in [0, 0.05) is 22.4 Å². The van der Waals surface area contributed by atoms with Crippen molar-refractivity contribution in [1.29, 1.82) is 0 Å². The Morgan fingerprint density at radius 3 is 2.75 bits per heavy atom. The molecule has 0 amide bonds. The minimum Gasteiger partial charge on any atom is -0.478 e. The van der Waals surface area contributed by atoms with Gasteiger partial charge < -0.3 is 9.84 Å². The van der Waals surface area contributed by atoms with Crippen LogP contribution in [0.2, 0.25) is 0 Å². The Morgan fingerprint density at radius 1 is 1.62 bits per heavy atom. The maximum Gasteiger partial charge on any atom is 0.331 e. The third-order valence-electron chi connectivity index (χ3n) is 3.23. The standard InChI is InChI=1S/C12H20O3Si/c1-3-6-10(9(2)11(13)14)12(16)7-4-5-8-15-12/h3H,1,4-8H2,2,16H3,(H,13,14). The molecule has 0 bridgehead atoms. The first-order valence-electron chi connectivity index (χ1n) is 5.69. The van der Waals surface area contributed by atoms with Crippen LogP contribution in [0.3, 0.4) is 0 Å². The van der Waals surface area contributed by atoms with Crippen LogP contribution < -0.4 is 0 Å². The van der Waals surface area contributed by atoms with Crippen LogP contribution in [-0.2, 0) is 9.53 Å². The molecule has 0 spiro atoms. The number of ether oxygens (including phenoxy) is 1. The van der Waals surface area contributed by atoms with Crippen molar-refractivity contribution in [3.8, 4) is 0 Å². The molecule has 90 valence electrons. The molecule has 0 aromatic heterocycles. The van der Waals surface area contributed by atoms with E-state index in [-0.39, 0.29) is 5.22 Å². The molecule has 1 heterocycles. The number of allylic oxidation sites excluding steroid dienone is 1. The van der Waals surface area contributed by atoms with Crippen molar-refractivity contribution in [1.82, 2.24) is 0 Å². The molecular formula is C12H20O3Si. The molecule has 0 aliphatic carbocycles. The van der Waals surface area contributed by atoms with Gasteiger partial charge in [0.15, 0.2) is 0 Å². The van der Waals surface area contributed by atoms with Gasteiger partial charge in [0.1, 0.15) is 0 Å². The van der Waals surface area contributed by atoms with E-state index in [1.165, 1.54) is 0 Å². The number of carboxylic acids is 1. The number of rotatable bonds is 4. The fourth-order valence-electron chi connectivity index (χ4n) is 2.21. The highest BCUT2D eigenvalue weighted by molar-refractivity contribution is 6.17. The van der Waals surface area contributed by atoms with E-state index in [0.717, 1.165) is 41.7 Å². The van der Waals surface area contributed by atoms with Crippen molar-refractivity contribution in [2.24, 2.45) is 0 Å². The Bertz CT molecular complexity index is 314. The van der Waals surface area contributed by atoms with Crippen molar-refractivity contribution in [3.05, 3.63) is 23.8 Å². The summed E-state index contributed by atoms with van der Waals surface area (Å²) in [7, 11) is 0.830. The average molecular weight is 240 g/mol. The Hall–Kier alpha value is -0.873. The smallest absolute Gasteiger partial charge is 0.331 e. The first kappa shape index (κ1) is 13.2. The van der Waals surface area contributed by atoms with E-state index < -0.39 is 5.97 Å². The first-order chi connectivity index (χ1) is 7.51. The molecule has 1 fully saturated rings. The fraction of sp³-hybridized carbons (Fsp3) is 0.583. The van der Waals surface area contributed by atoms with Crippen molar-refractivity contribution in [3.63, 3.8) is 0 Å². The predicted molar refractivity (Wildman–Crippen MR) is 67.6 cm³/mol. The van der Waals surface area contributed by atoms with Crippen LogP contribution in [0.15, 0.2) is 23.8 Å². The summed E-state index contributed by atoms with van der Waals surface area (Å²) in [5.41, 5.74) is 1.35. The van der Waals surface area contributed by atoms with E-state index >= 15 is 0 Å². The topological polar surface area (TPSA) is 46.5 Å². The third kappa shape index (κ3) is 2.83. The summed E-state index contributed by atoms with van der Waals surface area (Å²) in [5, 5.41) is 8.81. The summed E-state index contributed by atoms with van der Waals surface area (Å²) in [6.45, 7) is 6.11. The maximum atomic E-state index is 11.1. The zero-order chi connectivity index (χ0) is 12.2. The number of hydrogen-bond donors (Lipinski definition) is 1. The zero-order valence-corrected chi connectivity index (χ0v) is 12.1. The Morgan fingerprint density at radius 2 is 2.31 bits per heavy atom. The Labute approximate surface area is 99.6 Å². The van der Waals surface area contributed by atoms with Crippen LogP contribution in [0, 0.1) is 0 Å². The number of hydrogen-bond acceptors (Lipinski definition) is 2. The summed E-state index contributed by atoms with van der Waals surface area (Å²) >= 11 is 0. The molecule has 3 nitrogen and oxygen atoms in total. The van der Waals surface area contributed by atoms with Gasteiger partial charge in [-0.25, -0.2) is 4.79 Å². The molecule has 0 radical (unpaired) electrons. The molecule has 4 heteroatoms. The minimum absolute atomic E-state index is 0.283. The minimum atomic E-state index is -0.846. The molecule has 0 aromatic carbocycles. The van der Waals surface area contributed by atoms with E-state index in [1.807, 2.05) is 0 Å². The highest BCUT2D eigenvalue weighted by Crippen LogP contribution is 2.33. The van der Waals surface area contributed by atoms with Gasteiger partial charge in [-0.1, -0.05) is 6.08 Å². The molecule has 1 N–H and O–H groups in total. The van der Waals surface area contributed by atoms with Gasteiger partial charge in [-0.3, -0.25) is 0 Å². The van der Waals surface area contributed by atoms with Gasteiger partial charge in [-0.05, 0) is 38.2 Å². The highest BCUT2D eigenvalue weighted by atomic mass is 28.1. The molecule has 1 rings (SSSR count). The normalized spacial score (nSPS) is 27.3. The highest BCUT2D eigenvalue weighted by Gasteiger charge is 2.33. The molecule has 0 saturated carbocycles. The summed E-state index contributed by atoms with van der Waals surface area (Å²) in [5.74, 6) is -0.846. The number of carboxylic acid groups (broad SMARTS) is 1. The lowest BCUT2D eigenvalue weighted by Crippen LogP contribution is -2.40. The van der Waals surface area contributed by atoms with E-state index in [1.54, 1.807) is 13.0 Å². The Kier molecular flexibility index (Phi) is 4.50. The molecule has 16 heavy (non-hydrogen) atoms. The van der Waals surface area contributed by atoms with Gasteiger partial charge in [0.05, 0.1) is 5.22 Å². The summed E-state index contributed by atoms with van der Waals surface area (Å²) in [6, 6.07) is 0. The monoisotopic (exact) mass is 240 g/mol. The summed E-state index contributed by atoms with van der Waals surface area (Å²) < 4.78 is 5.84. The van der Waals surface area contributed by atoms with Gasteiger partial charge >= 0.3 is 5.97 Å². The largest absolute Gasteiger partial charge is 0.478 e. The second kappa shape index (κ2) is 5.45. The van der Waals surface area contributed by atoms with Gasteiger partial charge in [-0.2, -0.15) is 0 Å². The average Bonchev–Trinajstić information content (AvgIpc) is 2.25. The molecule has 1 aliphatic heterocycles. The van der Waals surface area contributed by atoms with Gasteiger partial charge in [0.2, 0.25) is 0 Å². The van der Waals surface area contributed by atoms with Crippen LogP contribution in [0.5, 0.6) is 0 Å². The van der Waals surface area contributed by atoms with Crippen LogP contribution in [0.4, 0.5) is 0 Å². The fourth-order valence-corrected chi connectivity index (χ4v) is 3.35. The number of carbonyl (C=O) groups is 1. The Balaban J connectivity index is 3.04. The van der Waals surface area contributed by atoms with E-state index in [9.17, 15) is 4.79 Å². The summed E-state index contributed by atoms with van der Waals surface area (Å²) in [4.78, 5) is 11.1. The van der Waals surface area contributed by atoms with Crippen LogP contribution in [0.25, 0.3) is 0 Å². The van der Waals surface area contributed by atoms with Crippen molar-refractivity contribution in [2.75, 3.05) is 6.61 Å². The molecule has 1 aliphatic rings. The molecule has 1 saturated heterocycles. The lowest BCUT2D eigenvalue weighted by atomic mass is 9.93. The van der Waals surface area contributed by atoms with E-state index in [0.29, 0.717) is 12.0 Å². The molecule has 1 unspecified atom stereocenters. The maximum absolute atomic E-state index is 11.1. The van der Waals surface area contributed by atoms with Crippen LogP contribution in [-0.4, -0.2) is 33.1 Å². The van der Waals surface area contributed by atoms with E-state index in [2.05, 4.69) is 6.58 Å². The zero-order valence-electron chi connectivity index (χ0n) is 10.1. The third-order valence-corrected chi connectivity index (χ3v) is 4.62. The lowest BCUT2D eigenvalue weighted by Gasteiger charge is -2.37. The van der Waals surface area contributed by atoms with Crippen LogP contribution in [0.1, 0.15) is 32.6 Å². The predicted octanol–water partition coefficient (Wildman–Crippen LogP) is 1.23. The SMILES string of the molecule is C=CCC(=C(C)C(=O)O)C1([SiH3])CCCCO1. The summed E-state index contributed by atoms with van der Waals surface area (Å²) in [6.07, 6.45) is 5.53. The quantitative estimate of drug-likeness (QED) is 0.457. The van der Waals surface area contributed by atoms with Crippen LogP contribution >= 0.6 is 0 Å².